The first-order chi connectivity index (χ1) is 8.40. The first kappa shape index (κ1) is 11.6. The maximum atomic E-state index is 4.41. The van der Waals surface area contributed by atoms with Crippen molar-refractivity contribution < 1.29 is 0 Å². The highest BCUT2D eigenvalue weighted by molar-refractivity contribution is 7.11. The molecule has 2 atom stereocenters. The molecular formula is C13H21N3S. The number of aromatic nitrogens is 2. The fourth-order valence-corrected chi connectivity index (χ4v) is 4.27. The Bertz CT molecular complexity index is 364. The van der Waals surface area contributed by atoms with Crippen molar-refractivity contribution in [1.29, 1.82) is 0 Å². The van der Waals surface area contributed by atoms with Crippen LogP contribution in [0, 0.1) is 11.8 Å². The van der Waals surface area contributed by atoms with Gasteiger partial charge in [-0.2, -0.15) is 0 Å². The molecule has 1 heterocycles. The fourth-order valence-electron chi connectivity index (χ4n) is 3.20. The number of hydrogen-bond donors (Lipinski definition) is 1. The SMILES string of the molecule is CCCNCc1nnc(C2C3CCCCC32)s1. The standard InChI is InChI=1S/C13H21N3S/c1-2-7-14-8-11-15-16-13(17-11)12-9-5-3-4-6-10(9)12/h9-10,12,14H,2-8H2,1H3. The normalized spacial score (nSPS) is 31.2. The summed E-state index contributed by atoms with van der Waals surface area (Å²) in [6.07, 6.45) is 6.90. The molecule has 0 radical (unpaired) electrons. The molecule has 3 rings (SSSR count). The second-order valence-electron chi connectivity index (χ2n) is 5.35. The Morgan fingerprint density at radius 1 is 1.24 bits per heavy atom. The Balaban J connectivity index is 1.57. The van der Waals surface area contributed by atoms with Crippen LogP contribution in [0.1, 0.15) is 55.0 Å². The molecule has 2 saturated carbocycles. The molecule has 3 nitrogen and oxygen atoms in total. The summed E-state index contributed by atoms with van der Waals surface area (Å²) >= 11 is 1.84. The van der Waals surface area contributed by atoms with E-state index in [4.69, 9.17) is 0 Å². The van der Waals surface area contributed by atoms with Crippen LogP contribution in [0.25, 0.3) is 0 Å². The highest BCUT2D eigenvalue weighted by Gasteiger charge is 2.52. The van der Waals surface area contributed by atoms with Crippen LogP contribution in [0.4, 0.5) is 0 Å². The molecule has 1 aromatic rings. The minimum atomic E-state index is 0.773. The van der Waals surface area contributed by atoms with Gasteiger partial charge in [-0.1, -0.05) is 31.1 Å². The summed E-state index contributed by atoms with van der Waals surface area (Å²) in [4.78, 5) is 0. The highest BCUT2D eigenvalue weighted by atomic mass is 32.1. The molecule has 1 N–H and O–H groups in total. The number of hydrogen-bond acceptors (Lipinski definition) is 4. The predicted molar refractivity (Wildman–Crippen MR) is 70.1 cm³/mol. The third-order valence-electron chi connectivity index (χ3n) is 4.13. The number of nitrogens with one attached hydrogen (secondary N) is 1. The summed E-state index contributed by atoms with van der Waals surface area (Å²) in [7, 11) is 0. The number of fused-ring (bicyclic) bond motifs is 1. The van der Waals surface area contributed by atoms with Crippen molar-refractivity contribution in [2.24, 2.45) is 11.8 Å². The number of rotatable bonds is 5. The van der Waals surface area contributed by atoms with E-state index < -0.39 is 0 Å². The molecule has 2 aliphatic carbocycles. The molecule has 0 saturated heterocycles. The molecule has 0 bridgehead atoms. The average molecular weight is 251 g/mol. The van der Waals surface area contributed by atoms with Crippen LogP contribution < -0.4 is 5.32 Å². The van der Waals surface area contributed by atoms with E-state index in [0.717, 1.165) is 35.9 Å². The van der Waals surface area contributed by atoms with Gasteiger partial charge in [0.25, 0.3) is 0 Å². The van der Waals surface area contributed by atoms with Gasteiger partial charge >= 0.3 is 0 Å². The van der Waals surface area contributed by atoms with E-state index >= 15 is 0 Å². The Morgan fingerprint density at radius 3 is 2.71 bits per heavy atom. The molecule has 0 amide bonds. The average Bonchev–Trinajstić information content (AvgIpc) is 2.91. The third kappa shape index (κ3) is 2.38. The molecule has 2 fully saturated rings. The van der Waals surface area contributed by atoms with E-state index in [2.05, 4.69) is 22.4 Å². The lowest BCUT2D eigenvalue weighted by Gasteiger charge is -2.04. The van der Waals surface area contributed by atoms with Gasteiger partial charge in [0.1, 0.15) is 10.0 Å². The predicted octanol–water partition coefficient (Wildman–Crippen LogP) is 2.94. The van der Waals surface area contributed by atoms with Crippen LogP contribution in [0.3, 0.4) is 0 Å². The van der Waals surface area contributed by atoms with E-state index in [0.29, 0.717) is 0 Å². The van der Waals surface area contributed by atoms with Crippen LogP contribution in [0.2, 0.25) is 0 Å². The number of nitrogens with zero attached hydrogens (tertiary/aromatic N) is 2. The van der Waals surface area contributed by atoms with Crippen molar-refractivity contribution in [2.75, 3.05) is 6.54 Å². The van der Waals surface area contributed by atoms with Gasteiger partial charge in [-0.3, -0.25) is 0 Å². The zero-order valence-corrected chi connectivity index (χ0v) is 11.3. The summed E-state index contributed by atoms with van der Waals surface area (Å²) in [5, 5.41) is 14.6. The topological polar surface area (TPSA) is 37.8 Å². The van der Waals surface area contributed by atoms with Gasteiger partial charge in [-0.15, -0.1) is 10.2 Å². The maximum absolute atomic E-state index is 4.41. The maximum Gasteiger partial charge on any atom is 0.131 e. The smallest absolute Gasteiger partial charge is 0.131 e. The van der Waals surface area contributed by atoms with Crippen molar-refractivity contribution in [2.45, 2.75) is 51.5 Å². The van der Waals surface area contributed by atoms with Crippen molar-refractivity contribution in [3.05, 3.63) is 10.0 Å². The minimum Gasteiger partial charge on any atom is -0.310 e. The summed E-state index contributed by atoms with van der Waals surface area (Å²) < 4.78 is 0. The van der Waals surface area contributed by atoms with Gasteiger partial charge in [-0.05, 0) is 37.6 Å². The first-order valence-electron chi connectivity index (χ1n) is 6.93. The van der Waals surface area contributed by atoms with E-state index in [1.165, 1.54) is 37.1 Å². The quantitative estimate of drug-likeness (QED) is 0.818. The second-order valence-corrected chi connectivity index (χ2v) is 6.44. The Morgan fingerprint density at radius 2 is 2.00 bits per heavy atom. The fraction of sp³-hybridized carbons (Fsp3) is 0.846. The lowest BCUT2D eigenvalue weighted by Crippen LogP contribution is -2.13. The van der Waals surface area contributed by atoms with E-state index in [1.807, 2.05) is 11.3 Å². The van der Waals surface area contributed by atoms with Crippen molar-refractivity contribution in [3.8, 4) is 0 Å². The first-order valence-corrected chi connectivity index (χ1v) is 7.74. The molecule has 0 aliphatic heterocycles. The molecule has 1 aromatic heterocycles. The van der Waals surface area contributed by atoms with Gasteiger partial charge in [0.05, 0.1) is 0 Å². The van der Waals surface area contributed by atoms with Crippen LogP contribution in [-0.4, -0.2) is 16.7 Å². The molecule has 17 heavy (non-hydrogen) atoms. The zero-order valence-electron chi connectivity index (χ0n) is 10.5. The summed E-state index contributed by atoms with van der Waals surface area (Å²) in [6.45, 7) is 4.16. The summed E-state index contributed by atoms with van der Waals surface area (Å²) in [5.74, 6) is 2.68. The lowest BCUT2D eigenvalue weighted by atomic mass is 10.0. The van der Waals surface area contributed by atoms with Crippen LogP contribution >= 0.6 is 11.3 Å². The van der Waals surface area contributed by atoms with E-state index in [1.54, 1.807) is 0 Å². The molecule has 2 aliphatic rings. The van der Waals surface area contributed by atoms with Gasteiger partial charge in [0.2, 0.25) is 0 Å². The Kier molecular flexibility index (Phi) is 3.43. The molecule has 4 heteroatoms. The second kappa shape index (κ2) is 5.02. The minimum absolute atomic E-state index is 0.773. The lowest BCUT2D eigenvalue weighted by molar-refractivity contribution is 0.480. The van der Waals surface area contributed by atoms with Crippen molar-refractivity contribution in [1.82, 2.24) is 15.5 Å². The monoisotopic (exact) mass is 251 g/mol. The molecule has 94 valence electrons. The molecule has 0 aromatic carbocycles. The summed E-state index contributed by atoms with van der Waals surface area (Å²) in [6, 6.07) is 0. The zero-order chi connectivity index (χ0) is 11.7. The van der Waals surface area contributed by atoms with Crippen LogP contribution in [0.15, 0.2) is 0 Å². The highest BCUT2D eigenvalue weighted by Crippen LogP contribution is 2.61. The van der Waals surface area contributed by atoms with Gasteiger partial charge in [0, 0.05) is 12.5 Å². The molecular weight excluding hydrogens is 230 g/mol. The molecule has 2 unspecified atom stereocenters. The Labute approximate surface area is 107 Å². The van der Waals surface area contributed by atoms with Crippen LogP contribution in [-0.2, 0) is 6.54 Å². The van der Waals surface area contributed by atoms with Gasteiger partial charge in [-0.25, -0.2) is 0 Å². The van der Waals surface area contributed by atoms with Gasteiger partial charge in [0.15, 0.2) is 0 Å². The van der Waals surface area contributed by atoms with Gasteiger partial charge < -0.3 is 5.32 Å². The van der Waals surface area contributed by atoms with Crippen molar-refractivity contribution in [3.63, 3.8) is 0 Å². The Hall–Kier alpha value is -0.480. The van der Waals surface area contributed by atoms with Crippen molar-refractivity contribution >= 4 is 11.3 Å². The van der Waals surface area contributed by atoms with E-state index in [9.17, 15) is 0 Å². The van der Waals surface area contributed by atoms with E-state index in [-0.39, 0.29) is 0 Å². The van der Waals surface area contributed by atoms with Crippen LogP contribution in [0.5, 0.6) is 0 Å². The summed E-state index contributed by atoms with van der Waals surface area (Å²) in [5.41, 5.74) is 0. The molecule has 0 spiro atoms. The third-order valence-corrected chi connectivity index (χ3v) is 5.15. The largest absolute Gasteiger partial charge is 0.310 e.